The van der Waals surface area contributed by atoms with Crippen LogP contribution in [0.25, 0.3) is 0 Å². The van der Waals surface area contributed by atoms with Gasteiger partial charge in [0, 0.05) is 28.8 Å². The second kappa shape index (κ2) is 10.3. The van der Waals surface area contributed by atoms with Gasteiger partial charge in [-0.25, -0.2) is 0 Å². The fraction of sp³-hybridized carbons (Fsp3) is 0.118. The molecule has 6 nitrogen and oxygen atoms in total. The number of anilines is 2. The summed E-state index contributed by atoms with van der Waals surface area (Å²) in [6, 6.07) is 14.7. The highest BCUT2D eigenvalue weighted by Gasteiger charge is 2.36. The monoisotopic (exact) mass is 620 g/mol. The van der Waals surface area contributed by atoms with Crippen molar-refractivity contribution < 1.29 is 19.2 Å². The number of ketones is 4. The van der Waals surface area contributed by atoms with Crippen LogP contribution >= 0.6 is 36.3 Å². The van der Waals surface area contributed by atoms with Crippen molar-refractivity contribution >= 4 is 70.8 Å². The second-order valence-electron chi connectivity index (χ2n) is 10.6. The number of thiol groups is 1. The average molecular weight is 621 g/mol. The molecule has 43 heavy (non-hydrogen) atoms. The number of allylic oxidation sites excluding steroid dienone is 6. The lowest BCUT2D eigenvalue weighted by molar-refractivity contribution is 0.0973. The Kier molecular flexibility index (Phi) is 6.65. The van der Waals surface area contributed by atoms with Crippen molar-refractivity contribution in [3.63, 3.8) is 0 Å². The molecule has 0 spiro atoms. The van der Waals surface area contributed by atoms with Gasteiger partial charge in [-0.2, -0.15) is 0 Å². The van der Waals surface area contributed by atoms with E-state index in [1.165, 1.54) is 11.8 Å². The largest absolute Gasteiger partial charge is 0.335 e. The molecular weight excluding hydrogens is 597 g/mol. The summed E-state index contributed by atoms with van der Waals surface area (Å²) in [6.45, 7) is 6.55. The Bertz CT molecular complexity index is 1990. The van der Waals surface area contributed by atoms with E-state index in [1.54, 1.807) is 58.6 Å². The van der Waals surface area contributed by atoms with Crippen molar-refractivity contribution in [3.8, 4) is 0 Å². The fourth-order valence-corrected chi connectivity index (χ4v) is 8.53. The fourth-order valence-electron chi connectivity index (χ4n) is 5.70. The first-order valence-electron chi connectivity index (χ1n) is 13.7. The molecule has 4 aliphatic rings. The van der Waals surface area contributed by atoms with E-state index in [0.717, 1.165) is 42.4 Å². The number of hydrogen-bond donors (Lipinski definition) is 1. The van der Waals surface area contributed by atoms with E-state index >= 15 is 0 Å². The molecule has 0 saturated heterocycles. The van der Waals surface area contributed by atoms with Crippen LogP contribution < -0.4 is 9.21 Å². The molecule has 0 amide bonds. The van der Waals surface area contributed by atoms with Crippen LogP contribution in [-0.2, 0) is 0 Å². The van der Waals surface area contributed by atoms with Crippen LogP contribution in [0, 0.1) is 13.8 Å². The minimum absolute atomic E-state index is 0.148. The first-order chi connectivity index (χ1) is 20.7. The average Bonchev–Trinajstić information content (AvgIpc) is 3.66. The van der Waals surface area contributed by atoms with Gasteiger partial charge in [-0.3, -0.25) is 23.5 Å². The number of carbonyl (C=O) groups excluding carboxylic acids is 4. The lowest BCUT2D eigenvalue weighted by Crippen LogP contribution is -2.16. The molecule has 2 aliphatic carbocycles. The zero-order valence-corrected chi connectivity index (χ0v) is 26.0. The zero-order valence-electron chi connectivity index (χ0n) is 23.4. The molecule has 0 N–H and O–H groups in total. The van der Waals surface area contributed by atoms with Gasteiger partial charge >= 0.3 is 0 Å². The van der Waals surface area contributed by atoms with Crippen molar-refractivity contribution in [2.75, 3.05) is 15.7 Å². The van der Waals surface area contributed by atoms with E-state index in [4.69, 9.17) is 12.8 Å². The van der Waals surface area contributed by atoms with Crippen molar-refractivity contribution in [1.29, 1.82) is 0 Å². The van der Waals surface area contributed by atoms with Gasteiger partial charge in [-0.05, 0) is 69.3 Å². The minimum Gasteiger partial charge on any atom is -0.335 e. The van der Waals surface area contributed by atoms with E-state index < -0.39 is 0 Å². The minimum atomic E-state index is -0.264. The number of Topliss-reactive ketones (excluding diaryl/α,β-unsaturated/α-hetero) is 4. The molecule has 0 aromatic heterocycles. The van der Waals surface area contributed by atoms with Crippen LogP contribution in [0.2, 0.25) is 0 Å². The van der Waals surface area contributed by atoms with Gasteiger partial charge in [-0.1, -0.05) is 71.7 Å². The van der Waals surface area contributed by atoms with Crippen LogP contribution in [0.15, 0.2) is 104 Å². The number of fused-ring (bicyclic) bond motifs is 5. The predicted octanol–water partition coefficient (Wildman–Crippen LogP) is 7.69. The van der Waals surface area contributed by atoms with E-state index in [0.29, 0.717) is 28.8 Å². The summed E-state index contributed by atoms with van der Waals surface area (Å²) in [5.74, 6) is -1.01. The molecule has 212 valence electrons. The highest BCUT2D eigenvalue weighted by atomic mass is 32.2. The highest BCUT2D eigenvalue weighted by Crippen LogP contribution is 2.58. The van der Waals surface area contributed by atoms with E-state index in [2.05, 4.69) is 11.8 Å². The first-order valence-corrected chi connectivity index (χ1v) is 15.7. The number of benzene rings is 3. The molecule has 3 aromatic rings. The summed E-state index contributed by atoms with van der Waals surface area (Å²) >= 11 is 7.83. The third kappa shape index (κ3) is 4.29. The topological polar surface area (TPSA) is 74.8 Å². The van der Waals surface area contributed by atoms with Crippen molar-refractivity contribution in [2.24, 2.45) is 0 Å². The van der Waals surface area contributed by atoms with E-state index in [1.807, 2.05) is 44.2 Å². The lowest BCUT2D eigenvalue weighted by Gasteiger charge is -2.18. The van der Waals surface area contributed by atoms with Gasteiger partial charge in [0.15, 0.2) is 23.1 Å². The zero-order chi connectivity index (χ0) is 30.2. The predicted molar refractivity (Wildman–Crippen MR) is 175 cm³/mol. The van der Waals surface area contributed by atoms with E-state index in [9.17, 15) is 19.2 Å². The maximum absolute atomic E-state index is 13.0. The summed E-state index contributed by atoms with van der Waals surface area (Å²) in [7, 11) is 0. The number of hydrogen-bond acceptors (Lipinski definition) is 9. The van der Waals surface area contributed by atoms with Crippen molar-refractivity contribution in [3.05, 3.63) is 127 Å². The standard InChI is InChI=1S/C34H24N2O4S3/c1-4-35-25-11-12-26-34(33(25)42-27(35)13-9-21-29(37)19-7-5-17(2)15-23(19)31(21)39)43-28(36(26)41)14-10-22-30(38)20-8-6-18(3)16-24(20)32(22)40/h5-16,41H,4H2,1-3H3/b21-9-,22-10-,27-13-,28-14-. The van der Waals surface area contributed by atoms with Gasteiger partial charge in [0.1, 0.15) is 0 Å². The Morgan fingerprint density at radius 3 is 1.65 bits per heavy atom. The Morgan fingerprint density at radius 1 is 0.628 bits per heavy atom. The molecule has 0 radical (unpaired) electrons. The summed E-state index contributed by atoms with van der Waals surface area (Å²) in [4.78, 5) is 56.1. The Morgan fingerprint density at radius 2 is 1.09 bits per heavy atom. The molecule has 2 heterocycles. The lowest BCUT2D eigenvalue weighted by atomic mass is 10.1. The van der Waals surface area contributed by atoms with Crippen LogP contribution in [0.5, 0.6) is 0 Å². The van der Waals surface area contributed by atoms with Crippen molar-refractivity contribution in [1.82, 2.24) is 0 Å². The van der Waals surface area contributed by atoms with Gasteiger partial charge in [0.05, 0.1) is 42.4 Å². The maximum Gasteiger partial charge on any atom is 0.197 e. The van der Waals surface area contributed by atoms with E-state index in [-0.39, 0.29) is 34.3 Å². The summed E-state index contributed by atoms with van der Waals surface area (Å²) < 4.78 is 1.76. The molecule has 2 aliphatic heterocycles. The first kappa shape index (κ1) is 27.8. The Hall–Kier alpha value is -4.05. The molecule has 3 aromatic carbocycles. The highest BCUT2D eigenvalue weighted by molar-refractivity contribution is 8.07. The Balaban J connectivity index is 1.18. The third-order valence-electron chi connectivity index (χ3n) is 7.89. The smallest absolute Gasteiger partial charge is 0.197 e. The SMILES string of the molecule is CCN1/C(=C/C=C2/C(=O)c3ccc(C)cc3C2=O)Sc2c1ccc1c2S/C(=C\C=C2\C(=O)c3ccc(C)cc3C2=O)N1S. The van der Waals surface area contributed by atoms with Gasteiger partial charge in [0.25, 0.3) is 0 Å². The molecule has 0 bridgehead atoms. The summed E-state index contributed by atoms with van der Waals surface area (Å²) in [5, 5.41) is 1.68. The Labute approximate surface area is 262 Å². The number of rotatable bonds is 3. The maximum atomic E-state index is 13.0. The quantitative estimate of drug-likeness (QED) is 0.182. The number of aryl methyl sites for hydroxylation is 2. The van der Waals surface area contributed by atoms with Crippen molar-refractivity contribution in [2.45, 2.75) is 30.6 Å². The number of nitrogens with zero attached hydrogens (tertiary/aromatic N) is 2. The third-order valence-corrected chi connectivity index (χ3v) is 10.9. The molecule has 9 heteroatoms. The van der Waals surface area contributed by atoms with Gasteiger partial charge < -0.3 is 4.90 Å². The molecule has 0 unspecified atom stereocenters. The molecule has 0 atom stereocenters. The van der Waals surface area contributed by atoms with Crippen LogP contribution in [0.1, 0.15) is 59.5 Å². The molecule has 0 saturated carbocycles. The summed E-state index contributed by atoms with van der Waals surface area (Å²) in [6.07, 6.45) is 6.85. The van der Waals surface area contributed by atoms with Crippen LogP contribution in [0.3, 0.4) is 0 Å². The van der Waals surface area contributed by atoms with Crippen LogP contribution in [-0.4, -0.2) is 29.7 Å². The van der Waals surface area contributed by atoms with Gasteiger partial charge in [0.2, 0.25) is 0 Å². The number of thioether (sulfide) groups is 2. The molecule has 7 rings (SSSR count). The number of carbonyl (C=O) groups is 4. The van der Waals surface area contributed by atoms with Crippen LogP contribution in [0.4, 0.5) is 11.4 Å². The molecular formula is C34H24N2O4S3. The molecule has 0 fully saturated rings. The van der Waals surface area contributed by atoms with Gasteiger partial charge in [-0.15, -0.1) is 0 Å². The normalized spacial score (nSPS) is 20.7. The summed E-state index contributed by atoms with van der Waals surface area (Å²) in [5.41, 5.74) is 5.92. The second-order valence-corrected chi connectivity index (χ2v) is 13.1.